The smallest absolute Gasteiger partial charge is 0.332 e. The highest BCUT2D eigenvalue weighted by Gasteiger charge is 2.25. The fourth-order valence-electron chi connectivity index (χ4n) is 3.76. The van der Waals surface area contributed by atoms with E-state index in [0.717, 1.165) is 10.8 Å². The molecule has 10 heteroatoms. The summed E-state index contributed by atoms with van der Waals surface area (Å²) in [5.41, 5.74) is 2.31. The molecule has 0 saturated heterocycles. The second-order valence-corrected chi connectivity index (χ2v) is 8.22. The summed E-state index contributed by atoms with van der Waals surface area (Å²) in [4.78, 5) is 26.9. The van der Waals surface area contributed by atoms with Gasteiger partial charge in [-0.05, 0) is 48.4 Å². The van der Waals surface area contributed by atoms with Crippen molar-refractivity contribution >= 4 is 22.7 Å². The Morgan fingerprint density at radius 2 is 1.81 bits per heavy atom. The van der Waals surface area contributed by atoms with Crippen LogP contribution in [-0.2, 0) is 16.1 Å². The number of aromatic nitrogens is 2. The lowest BCUT2D eigenvalue weighted by atomic mass is 9.99. The van der Waals surface area contributed by atoms with Crippen LogP contribution in [0.4, 0.5) is 0 Å². The fourth-order valence-corrected chi connectivity index (χ4v) is 3.76. The van der Waals surface area contributed by atoms with Crippen molar-refractivity contribution in [3.63, 3.8) is 0 Å². The molecule has 0 saturated carbocycles. The molecule has 3 N–H and O–H groups in total. The number of nitrogens with zero attached hydrogens (tertiary/aromatic N) is 3. The molecule has 0 bridgehead atoms. The highest BCUT2D eigenvalue weighted by Crippen LogP contribution is 2.32. The van der Waals surface area contributed by atoms with Crippen LogP contribution in [0.25, 0.3) is 33.6 Å². The Balaban J connectivity index is 1.66. The van der Waals surface area contributed by atoms with Crippen LogP contribution in [0.5, 0.6) is 5.75 Å². The molecular weight excluding hydrogens is 464 g/mol. The molecule has 10 nitrogen and oxygen atoms in total. The first-order valence-corrected chi connectivity index (χ1v) is 11.0. The predicted molar refractivity (Wildman–Crippen MR) is 129 cm³/mol. The maximum atomic E-state index is 11.2. The van der Waals surface area contributed by atoms with Gasteiger partial charge in [-0.1, -0.05) is 41.6 Å². The molecule has 4 aromatic rings. The Kier molecular flexibility index (Phi) is 6.94. The molecule has 36 heavy (non-hydrogen) atoms. The van der Waals surface area contributed by atoms with Crippen LogP contribution in [-0.4, -0.2) is 44.4 Å². The normalized spacial score (nSPS) is 11.1. The van der Waals surface area contributed by atoms with Gasteiger partial charge in [0.05, 0.1) is 11.7 Å². The van der Waals surface area contributed by atoms with Gasteiger partial charge in [0.1, 0.15) is 11.8 Å². The van der Waals surface area contributed by atoms with E-state index in [4.69, 9.17) is 19.5 Å². The van der Waals surface area contributed by atoms with Crippen molar-refractivity contribution < 1.29 is 29.1 Å². The second kappa shape index (κ2) is 10.2. The van der Waals surface area contributed by atoms with E-state index in [-0.39, 0.29) is 18.5 Å². The summed E-state index contributed by atoms with van der Waals surface area (Å²) in [5, 5.41) is 36.0. The molecule has 0 aliphatic carbocycles. The minimum absolute atomic E-state index is 0.0310. The van der Waals surface area contributed by atoms with Crippen molar-refractivity contribution in [1.82, 2.24) is 15.5 Å². The number of nitriles is 1. The summed E-state index contributed by atoms with van der Waals surface area (Å²) < 4.78 is 11.1. The topological polar surface area (TPSA) is 159 Å². The average molecular weight is 486 g/mol. The van der Waals surface area contributed by atoms with Gasteiger partial charge in [-0.25, -0.2) is 9.59 Å². The van der Waals surface area contributed by atoms with Crippen molar-refractivity contribution in [2.75, 3.05) is 0 Å². The Morgan fingerprint density at radius 3 is 2.47 bits per heavy atom. The summed E-state index contributed by atoms with van der Waals surface area (Å²) in [6, 6.07) is 16.4. The summed E-state index contributed by atoms with van der Waals surface area (Å²) in [6.45, 7) is 3.78. The van der Waals surface area contributed by atoms with Gasteiger partial charge in [-0.3, -0.25) is 5.32 Å². The highest BCUT2D eigenvalue weighted by atomic mass is 16.5. The second-order valence-electron chi connectivity index (χ2n) is 8.22. The number of nitrogens with one attached hydrogen (secondary N) is 1. The Bertz CT molecular complexity index is 1470. The molecule has 0 fully saturated rings. The number of benzene rings is 3. The molecule has 0 spiro atoms. The first-order valence-electron chi connectivity index (χ1n) is 11.0. The number of aliphatic carboxylic acids is 2. The van der Waals surface area contributed by atoms with E-state index in [2.05, 4.69) is 21.5 Å². The van der Waals surface area contributed by atoms with E-state index in [1.807, 2.05) is 38.1 Å². The maximum absolute atomic E-state index is 11.2. The van der Waals surface area contributed by atoms with Gasteiger partial charge in [0.15, 0.2) is 0 Å². The van der Waals surface area contributed by atoms with E-state index in [1.54, 1.807) is 30.3 Å². The van der Waals surface area contributed by atoms with Crippen molar-refractivity contribution in [2.45, 2.75) is 32.5 Å². The third-order valence-electron chi connectivity index (χ3n) is 5.38. The number of hydrogen-bond acceptors (Lipinski definition) is 8. The molecule has 0 aliphatic heterocycles. The molecule has 1 aromatic heterocycles. The quantitative estimate of drug-likeness (QED) is 0.297. The van der Waals surface area contributed by atoms with Crippen LogP contribution in [0.2, 0.25) is 0 Å². The number of carbonyl (C=O) groups is 2. The minimum atomic E-state index is -1.72. The first kappa shape index (κ1) is 24.4. The Morgan fingerprint density at radius 1 is 1.08 bits per heavy atom. The lowest BCUT2D eigenvalue weighted by molar-refractivity contribution is -0.151. The predicted octanol–water partition coefficient (Wildman–Crippen LogP) is 3.84. The summed E-state index contributed by atoms with van der Waals surface area (Å²) >= 11 is 0. The van der Waals surface area contributed by atoms with Crippen LogP contribution in [0.1, 0.15) is 25.0 Å². The van der Waals surface area contributed by atoms with E-state index in [0.29, 0.717) is 33.8 Å². The lowest BCUT2D eigenvalue weighted by Gasteiger charge is -2.13. The fraction of sp³-hybridized carbons (Fsp3) is 0.192. The van der Waals surface area contributed by atoms with Gasteiger partial charge in [-0.15, -0.1) is 0 Å². The van der Waals surface area contributed by atoms with Crippen LogP contribution in [0.3, 0.4) is 0 Å². The van der Waals surface area contributed by atoms with Gasteiger partial charge in [0.2, 0.25) is 11.9 Å². The molecule has 0 aliphatic rings. The third-order valence-corrected chi connectivity index (χ3v) is 5.38. The minimum Gasteiger partial charge on any atom is -0.490 e. The number of ether oxygens (including phenoxy) is 1. The van der Waals surface area contributed by atoms with Crippen LogP contribution in [0, 0.1) is 11.3 Å². The van der Waals surface area contributed by atoms with Crippen LogP contribution in [0.15, 0.2) is 59.1 Å². The summed E-state index contributed by atoms with van der Waals surface area (Å²) in [5.74, 6) is -1.90. The molecule has 1 heterocycles. The molecule has 0 unspecified atom stereocenters. The first-order chi connectivity index (χ1) is 17.3. The van der Waals surface area contributed by atoms with E-state index < -0.39 is 18.0 Å². The van der Waals surface area contributed by atoms with Crippen molar-refractivity contribution in [1.29, 1.82) is 5.26 Å². The van der Waals surface area contributed by atoms with E-state index in [1.165, 1.54) is 0 Å². The third kappa shape index (κ3) is 5.01. The molecule has 3 aromatic carbocycles. The monoisotopic (exact) mass is 486 g/mol. The van der Waals surface area contributed by atoms with Gasteiger partial charge in [-0.2, -0.15) is 10.2 Å². The number of carboxylic acids is 2. The van der Waals surface area contributed by atoms with Crippen LogP contribution < -0.4 is 10.1 Å². The number of hydrogen-bond donors (Lipinski definition) is 3. The van der Waals surface area contributed by atoms with Crippen molar-refractivity contribution in [3.8, 4) is 34.7 Å². The van der Waals surface area contributed by atoms with Gasteiger partial charge in [0, 0.05) is 17.7 Å². The average Bonchev–Trinajstić information content (AvgIpc) is 3.33. The number of fused-ring (bicyclic) bond motifs is 1. The maximum Gasteiger partial charge on any atom is 0.332 e. The zero-order valence-electron chi connectivity index (χ0n) is 19.4. The molecule has 0 amide bonds. The SMILES string of the molecule is CC(C)Oc1ccc(-c2nc(-c3ccc(CNC(C(=O)O)C(=O)O)c4ccccc34)no2)cc1C#N. The van der Waals surface area contributed by atoms with E-state index >= 15 is 0 Å². The van der Waals surface area contributed by atoms with Crippen molar-refractivity contribution in [3.05, 3.63) is 65.7 Å². The Hall–Kier alpha value is -4.75. The zero-order chi connectivity index (χ0) is 25.8. The Labute approximate surface area is 205 Å². The molecule has 0 radical (unpaired) electrons. The van der Waals surface area contributed by atoms with Crippen LogP contribution >= 0.6 is 0 Å². The molecule has 0 atom stereocenters. The largest absolute Gasteiger partial charge is 0.490 e. The molecule has 4 rings (SSSR count). The van der Waals surface area contributed by atoms with Gasteiger partial charge in [0.25, 0.3) is 5.89 Å². The number of rotatable bonds is 9. The number of carboxylic acid groups (broad SMARTS) is 2. The standard InChI is InChI=1S/C26H22N4O6/c1-14(2)35-21-10-8-15(11-17(21)12-27)24-29-23(30-36-24)20-9-7-16(18-5-3-4-6-19(18)20)13-28-22(25(31)32)26(33)34/h3-11,14,22,28H,13H2,1-2H3,(H,31,32)(H,33,34). The lowest BCUT2D eigenvalue weighted by Crippen LogP contribution is -2.42. The summed E-state index contributed by atoms with van der Waals surface area (Å²) in [7, 11) is 0. The van der Waals surface area contributed by atoms with Gasteiger partial charge >= 0.3 is 11.9 Å². The zero-order valence-corrected chi connectivity index (χ0v) is 19.4. The molecule has 182 valence electrons. The summed E-state index contributed by atoms with van der Waals surface area (Å²) in [6.07, 6.45) is -0.0800. The van der Waals surface area contributed by atoms with E-state index in [9.17, 15) is 14.9 Å². The van der Waals surface area contributed by atoms with Crippen molar-refractivity contribution in [2.24, 2.45) is 0 Å². The van der Waals surface area contributed by atoms with Gasteiger partial charge < -0.3 is 19.5 Å². The highest BCUT2D eigenvalue weighted by molar-refractivity contribution is 5.98. The molecular formula is C26H22N4O6.